The molecule has 138 valence electrons. The molecule has 0 saturated heterocycles. The number of carbonyl (C=O) groups excluding carboxylic acids is 2. The van der Waals surface area contributed by atoms with E-state index in [1.807, 2.05) is 60.7 Å². The third-order valence-corrected chi connectivity index (χ3v) is 4.98. The van der Waals surface area contributed by atoms with Crippen molar-refractivity contribution in [1.82, 2.24) is 0 Å². The second-order valence-corrected chi connectivity index (χ2v) is 6.43. The first kappa shape index (κ1) is 20.0. The summed E-state index contributed by atoms with van der Waals surface area (Å²) in [4.78, 5) is 24.8. The summed E-state index contributed by atoms with van der Waals surface area (Å²) in [6, 6.07) is 19.2. The summed E-state index contributed by atoms with van der Waals surface area (Å²) in [5, 5.41) is 0. The minimum Gasteiger partial charge on any atom is -0.469 e. The Balaban J connectivity index is 2.49. The van der Waals surface area contributed by atoms with Crippen LogP contribution in [0, 0.1) is 5.92 Å². The zero-order valence-electron chi connectivity index (χ0n) is 15.0. The van der Waals surface area contributed by atoms with Crippen molar-refractivity contribution in [1.29, 1.82) is 0 Å². The SMILES string of the molecule is COC(=O)C(CS)CC(c1ccccc1)C(C(=O)OC)c1ccccc1. The van der Waals surface area contributed by atoms with E-state index in [9.17, 15) is 9.59 Å². The molecule has 5 heteroatoms. The van der Waals surface area contributed by atoms with Gasteiger partial charge in [-0.25, -0.2) is 0 Å². The molecule has 3 atom stereocenters. The van der Waals surface area contributed by atoms with Crippen molar-refractivity contribution < 1.29 is 19.1 Å². The number of hydrogen-bond acceptors (Lipinski definition) is 5. The van der Waals surface area contributed by atoms with Gasteiger partial charge in [-0.2, -0.15) is 12.6 Å². The fourth-order valence-corrected chi connectivity index (χ4v) is 3.50. The highest BCUT2D eigenvalue weighted by atomic mass is 32.1. The average molecular weight is 372 g/mol. The van der Waals surface area contributed by atoms with Gasteiger partial charge in [-0.3, -0.25) is 9.59 Å². The van der Waals surface area contributed by atoms with Gasteiger partial charge in [0, 0.05) is 11.7 Å². The molecule has 0 heterocycles. The molecule has 2 aromatic rings. The lowest BCUT2D eigenvalue weighted by Gasteiger charge is -2.28. The normalized spacial score (nSPS) is 14.1. The second kappa shape index (κ2) is 10.0. The molecule has 26 heavy (non-hydrogen) atoms. The van der Waals surface area contributed by atoms with Crippen LogP contribution < -0.4 is 0 Å². The van der Waals surface area contributed by atoms with E-state index in [2.05, 4.69) is 12.6 Å². The van der Waals surface area contributed by atoms with Gasteiger partial charge in [0.25, 0.3) is 0 Å². The topological polar surface area (TPSA) is 52.6 Å². The predicted molar refractivity (Wildman–Crippen MR) is 104 cm³/mol. The molecule has 4 nitrogen and oxygen atoms in total. The van der Waals surface area contributed by atoms with Crippen LogP contribution in [0.1, 0.15) is 29.4 Å². The van der Waals surface area contributed by atoms with Crippen molar-refractivity contribution in [3.8, 4) is 0 Å². The van der Waals surface area contributed by atoms with Gasteiger partial charge >= 0.3 is 11.9 Å². The Bertz CT molecular complexity index is 702. The number of benzene rings is 2. The summed E-state index contributed by atoms with van der Waals surface area (Å²) in [7, 11) is 2.75. The van der Waals surface area contributed by atoms with Gasteiger partial charge in [0.2, 0.25) is 0 Å². The second-order valence-electron chi connectivity index (χ2n) is 6.07. The molecule has 0 radical (unpaired) electrons. The van der Waals surface area contributed by atoms with E-state index in [0.29, 0.717) is 12.2 Å². The van der Waals surface area contributed by atoms with Crippen LogP contribution >= 0.6 is 12.6 Å². The predicted octanol–water partition coefficient (Wildman–Crippen LogP) is 3.84. The molecule has 0 aromatic heterocycles. The Labute approximate surface area is 159 Å². The Morgan fingerprint density at radius 1 is 0.846 bits per heavy atom. The minimum atomic E-state index is -0.518. The first-order chi connectivity index (χ1) is 12.6. The summed E-state index contributed by atoms with van der Waals surface area (Å²) in [5.74, 6) is -1.47. The molecule has 0 N–H and O–H groups in total. The van der Waals surface area contributed by atoms with Crippen LogP contribution in [-0.2, 0) is 19.1 Å². The van der Waals surface area contributed by atoms with Gasteiger partial charge in [-0.1, -0.05) is 60.7 Å². The highest BCUT2D eigenvalue weighted by molar-refractivity contribution is 7.80. The van der Waals surface area contributed by atoms with Crippen molar-refractivity contribution in [2.45, 2.75) is 18.3 Å². The number of rotatable bonds is 8. The first-order valence-electron chi connectivity index (χ1n) is 8.48. The Hall–Kier alpha value is -2.27. The Morgan fingerprint density at radius 2 is 1.35 bits per heavy atom. The van der Waals surface area contributed by atoms with Crippen LogP contribution in [0.15, 0.2) is 60.7 Å². The molecule has 0 aliphatic heterocycles. The number of thiol groups is 1. The molecule has 3 unspecified atom stereocenters. The molecule has 0 bridgehead atoms. The van der Waals surface area contributed by atoms with Crippen LogP contribution in [-0.4, -0.2) is 31.9 Å². The monoisotopic (exact) mass is 372 g/mol. The van der Waals surface area contributed by atoms with Gasteiger partial charge < -0.3 is 9.47 Å². The van der Waals surface area contributed by atoms with E-state index < -0.39 is 11.8 Å². The third kappa shape index (κ3) is 4.88. The van der Waals surface area contributed by atoms with Crippen molar-refractivity contribution >= 4 is 24.6 Å². The fraction of sp³-hybridized carbons (Fsp3) is 0.333. The standard InChI is InChI=1S/C21H24O4S/c1-24-20(22)17(14-26)13-18(15-9-5-3-6-10-15)19(21(23)25-2)16-11-7-4-8-12-16/h3-12,17-19,26H,13-14H2,1-2H3. The van der Waals surface area contributed by atoms with Crippen LogP contribution in [0.25, 0.3) is 0 Å². The van der Waals surface area contributed by atoms with E-state index in [1.165, 1.54) is 14.2 Å². The molecule has 0 amide bonds. The minimum absolute atomic E-state index is 0.234. The van der Waals surface area contributed by atoms with Crippen LogP contribution in [0.4, 0.5) is 0 Å². The van der Waals surface area contributed by atoms with Crippen molar-refractivity contribution in [3.05, 3.63) is 71.8 Å². The van der Waals surface area contributed by atoms with Crippen LogP contribution in [0.2, 0.25) is 0 Å². The fourth-order valence-electron chi connectivity index (χ4n) is 3.20. The summed E-state index contributed by atoms with van der Waals surface area (Å²) in [5.41, 5.74) is 1.83. The lowest BCUT2D eigenvalue weighted by atomic mass is 9.76. The van der Waals surface area contributed by atoms with Gasteiger partial charge in [-0.15, -0.1) is 0 Å². The van der Waals surface area contributed by atoms with E-state index in [1.54, 1.807) is 0 Å². The zero-order chi connectivity index (χ0) is 18.9. The van der Waals surface area contributed by atoms with Crippen molar-refractivity contribution in [2.75, 3.05) is 20.0 Å². The molecule has 0 fully saturated rings. The van der Waals surface area contributed by atoms with E-state index in [-0.39, 0.29) is 17.9 Å². The molecular formula is C21H24O4S. The zero-order valence-corrected chi connectivity index (χ0v) is 15.9. The number of carbonyl (C=O) groups is 2. The average Bonchev–Trinajstić information content (AvgIpc) is 2.71. The van der Waals surface area contributed by atoms with E-state index in [0.717, 1.165) is 11.1 Å². The van der Waals surface area contributed by atoms with Gasteiger partial charge in [0.05, 0.1) is 26.1 Å². The highest BCUT2D eigenvalue weighted by Crippen LogP contribution is 2.39. The van der Waals surface area contributed by atoms with Crippen molar-refractivity contribution in [3.63, 3.8) is 0 Å². The first-order valence-corrected chi connectivity index (χ1v) is 9.12. The third-order valence-electron chi connectivity index (χ3n) is 4.54. The van der Waals surface area contributed by atoms with E-state index in [4.69, 9.17) is 9.47 Å². The van der Waals surface area contributed by atoms with Gasteiger partial charge in [0.15, 0.2) is 0 Å². The lowest BCUT2D eigenvalue weighted by molar-refractivity contribution is -0.147. The van der Waals surface area contributed by atoms with Gasteiger partial charge in [-0.05, 0) is 17.5 Å². The molecule has 0 spiro atoms. The van der Waals surface area contributed by atoms with Crippen LogP contribution in [0.5, 0.6) is 0 Å². The van der Waals surface area contributed by atoms with Gasteiger partial charge in [0.1, 0.15) is 0 Å². The highest BCUT2D eigenvalue weighted by Gasteiger charge is 2.35. The Kier molecular flexibility index (Phi) is 7.73. The number of methoxy groups -OCH3 is 2. The summed E-state index contributed by atoms with van der Waals surface area (Å²) in [6.07, 6.45) is 0.439. The summed E-state index contributed by atoms with van der Waals surface area (Å²) < 4.78 is 10.0. The molecule has 0 aliphatic carbocycles. The molecule has 0 aliphatic rings. The largest absolute Gasteiger partial charge is 0.469 e. The maximum absolute atomic E-state index is 12.7. The van der Waals surface area contributed by atoms with Crippen LogP contribution in [0.3, 0.4) is 0 Å². The molecule has 2 aromatic carbocycles. The smallest absolute Gasteiger partial charge is 0.313 e. The molecule has 2 rings (SSSR count). The molecular weight excluding hydrogens is 348 g/mol. The maximum atomic E-state index is 12.7. The molecule has 0 saturated carbocycles. The lowest BCUT2D eigenvalue weighted by Crippen LogP contribution is -2.27. The number of esters is 2. The quantitative estimate of drug-likeness (QED) is 0.565. The van der Waals surface area contributed by atoms with E-state index >= 15 is 0 Å². The summed E-state index contributed by atoms with van der Waals surface area (Å²) in [6.45, 7) is 0. The Morgan fingerprint density at radius 3 is 1.81 bits per heavy atom. The van der Waals surface area contributed by atoms with Crippen molar-refractivity contribution in [2.24, 2.45) is 5.92 Å². The maximum Gasteiger partial charge on any atom is 0.313 e. The number of hydrogen-bond donors (Lipinski definition) is 1. The summed E-state index contributed by atoms with van der Waals surface area (Å²) >= 11 is 4.31. The number of ether oxygens (including phenoxy) is 2.